The molecule has 0 spiro atoms. The van der Waals surface area contributed by atoms with E-state index in [1.165, 1.54) is 4.90 Å². The van der Waals surface area contributed by atoms with Crippen molar-refractivity contribution in [1.82, 2.24) is 0 Å². The van der Waals surface area contributed by atoms with Gasteiger partial charge in [-0.3, -0.25) is 14.5 Å². The Labute approximate surface area is 198 Å². The molecule has 1 atom stereocenters. The van der Waals surface area contributed by atoms with E-state index in [0.717, 1.165) is 23.3 Å². The number of benzene rings is 3. The Morgan fingerprint density at radius 2 is 1.76 bits per heavy atom. The lowest BCUT2D eigenvalue weighted by Gasteiger charge is -2.25. The van der Waals surface area contributed by atoms with Crippen LogP contribution in [-0.2, 0) is 16.0 Å². The molecule has 172 valence electrons. The minimum Gasteiger partial charge on any atom is -0.507 e. The summed E-state index contributed by atoms with van der Waals surface area (Å²) < 4.78 is 11.3. The fourth-order valence-electron chi connectivity index (χ4n) is 4.50. The smallest absolute Gasteiger partial charge is 0.300 e. The highest BCUT2D eigenvalue weighted by atomic mass is 16.5. The number of aliphatic hydroxyl groups excluding tert-OH is 1. The number of nitrogens with zero attached hydrogens (tertiary/aromatic N) is 1. The van der Waals surface area contributed by atoms with Crippen molar-refractivity contribution in [1.29, 1.82) is 0 Å². The summed E-state index contributed by atoms with van der Waals surface area (Å²) in [4.78, 5) is 28.0. The average molecular weight is 456 g/mol. The van der Waals surface area contributed by atoms with Gasteiger partial charge in [0, 0.05) is 17.7 Å². The van der Waals surface area contributed by atoms with E-state index in [-0.39, 0.29) is 17.4 Å². The number of Topliss-reactive ketones (excluding diaryl/α,β-unsaturated/α-hetero) is 1. The zero-order chi connectivity index (χ0) is 23.8. The number of carbonyl (C=O) groups excluding carboxylic acids is 2. The zero-order valence-electron chi connectivity index (χ0n) is 19.0. The lowest BCUT2D eigenvalue weighted by molar-refractivity contribution is -0.132. The fraction of sp³-hybridized carbons (Fsp3) is 0.214. The minimum absolute atomic E-state index is 0.0158. The summed E-state index contributed by atoms with van der Waals surface area (Å²) in [6.07, 6.45) is 0.750. The zero-order valence-corrected chi connectivity index (χ0v) is 19.0. The summed E-state index contributed by atoms with van der Waals surface area (Å²) in [5, 5.41) is 11.3. The topological polar surface area (TPSA) is 76.1 Å². The van der Waals surface area contributed by atoms with Gasteiger partial charge in [-0.25, -0.2) is 0 Å². The third-order valence-corrected chi connectivity index (χ3v) is 6.01. The Bertz CT molecular complexity index is 1280. The van der Waals surface area contributed by atoms with Crippen LogP contribution in [0, 0.1) is 0 Å². The molecule has 1 fully saturated rings. The Morgan fingerprint density at radius 3 is 2.47 bits per heavy atom. The van der Waals surface area contributed by atoms with Crippen LogP contribution in [0.15, 0.2) is 78.4 Å². The molecule has 2 aliphatic heterocycles. The van der Waals surface area contributed by atoms with Gasteiger partial charge < -0.3 is 14.6 Å². The van der Waals surface area contributed by atoms with Crippen molar-refractivity contribution in [3.05, 3.63) is 95.1 Å². The van der Waals surface area contributed by atoms with E-state index in [9.17, 15) is 14.7 Å². The third kappa shape index (κ3) is 3.81. The summed E-state index contributed by atoms with van der Waals surface area (Å²) in [5.74, 6) is -0.139. The quantitative estimate of drug-likeness (QED) is 0.332. The van der Waals surface area contributed by atoms with Crippen molar-refractivity contribution in [3.8, 4) is 11.5 Å². The van der Waals surface area contributed by atoms with Crippen molar-refractivity contribution >= 4 is 23.1 Å². The van der Waals surface area contributed by atoms with Gasteiger partial charge in [0.15, 0.2) is 0 Å². The minimum atomic E-state index is -0.762. The molecule has 0 radical (unpaired) electrons. The maximum atomic E-state index is 13.3. The fourth-order valence-corrected chi connectivity index (χ4v) is 4.50. The van der Waals surface area contributed by atoms with Crippen molar-refractivity contribution in [3.63, 3.8) is 0 Å². The van der Waals surface area contributed by atoms with Crippen LogP contribution in [0.4, 0.5) is 5.69 Å². The van der Waals surface area contributed by atoms with Crippen molar-refractivity contribution in [2.45, 2.75) is 32.4 Å². The largest absolute Gasteiger partial charge is 0.507 e. The molecule has 0 bridgehead atoms. The SMILES string of the molecule is CC(C)Oc1ccc(N2C(=O)C(=O)/C(=C(\O)c3ccc4c(c3)CCO4)C2c2ccccc2)cc1. The van der Waals surface area contributed by atoms with Crippen LogP contribution in [0.3, 0.4) is 0 Å². The molecule has 2 aliphatic rings. The number of rotatable bonds is 5. The van der Waals surface area contributed by atoms with E-state index in [1.54, 1.807) is 36.4 Å². The van der Waals surface area contributed by atoms with Gasteiger partial charge in [-0.15, -0.1) is 0 Å². The highest BCUT2D eigenvalue weighted by Crippen LogP contribution is 2.43. The number of hydrogen-bond acceptors (Lipinski definition) is 5. The summed E-state index contributed by atoms with van der Waals surface area (Å²) in [5.41, 5.74) is 2.81. The van der Waals surface area contributed by atoms with Gasteiger partial charge in [0.25, 0.3) is 11.7 Å². The molecule has 2 heterocycles. The van der Waals surface area contributed by atoms with Crippen LogP contribution >= 0.6 is 0 Å². The van der Waals surface area contributed by atoms with E-state index in [4.69, 9.17) is 9.47 Å². The average Bonchev–Trinajstić information content (AvgIpc) is 3.41. The van der Waals surface area contributed by atoms with E-state index in [2.05, 4.69) is 0 Å². The summed E-state index contributed by atoms with van der Waals surface area (Å²) in [7, 11) is 0. The first-order chi connectivity index (χ1) is 16.4. The molecule has 0 saturated carbocycles. The molecule has 3 aromatic rings. The molecular formula is C28H25NO5. The van der Waals surface area contributed by atoms with Crippen molar-refractivity contribution < 1.29 is 24.2 Å². The summed E-state index contributed by atoms with van der Waals surface area (Å²) in [6, 6.07) is 20.9. The maximum Gasteiger partial charge on any atom is 0.300 e. The molecule has 6 nitrogen and oxygen atoms in total. The molecule has 0 aliphatic carbocycles. The molecule has 5 rings (SSSR count). The number of aliphatic hydroxyl groups is 1. The molecule has 1 amide bonds. The number of hydrogen-bond donors (Lipinski definition) is 1. The van der Waals surface area contributed by atoms with E-state index >= 15 is 0 Å². The van der Waals surface area contributed by atoms with Gasteiger partial charge in [-0.1, -0.05) is 30.3 Å². The normalized spacial score (nSPS) is 18.8. The summed E-state index contributed by atoms with van der Waals surface area (Å²) in [6.45, 7) is 4.46. The van der Waals surface area contributed by atoms with Crippen LogP contribution in [0.5, 0.6) is 11.5 Å². The standard InChI is InChI=1S/C28H25NO5/c1-17(2)34-22-11-9-21(10-12-22)29-25(18-6-4-3-5-7-18)24(27(31)28(29)32)26(30)20-8-13-23-19(16-20)14-15-33-23/h3-13,16-17,25,30H,14-15H2,1-2H3/b26-24-. The Hall–Kier alpha value is -4.06. The lowest BCUT2D eigenvalue weighted by Crippen LogP contribution is -2.29. The van der Waals surface area contributed by atoms with Crippen molar-refractivity contribution in [2.75, 3.05) is 11.5 Å². The van der Waals surface area contributed by atoms with E-state index in [0.29, 0.717) is 23.6 Å². The first-order valence-electron chi connectivity index (χ1n) is 11.3. The first-order valence-corrected chi connectivity index (χ1v) is 11.3. The van der Waals surface area contributed by atoms with Gasteiger partial charge in [0.2, 0.25) is 0 Å². The number of ether oxygens (including phenoxy) is 2. The molecular weight excluding hydrogens is 430 g/mol. The molecule has 1 saturated heterocycles. The maximum absolute atomic E-state index is 13.3. The monoisotopic (exact) mass is 455 g/mol. The van der Waals surface area contributed by atoms with Crippen LogP contribution < -0.4 is 14.4 Å². The van der Waals surface area contributed by atoms with Crippen LogP contribution in [0.1, 0.15) is 36.6 Å². The number of ketones is 1. The Kier molecular flexibility index (Phi) is 5.57. The van der Waals surface area contributed by atoms with Gasteiger partial charge in [0.1, 0.15) is 17.3 Å². The van der Waals surface area contributed by atoms with Crippen molar-refractivity contribution in [2.24, 2.45) is 0 Å². The van der Waals surface area contributed by atoms with Crippen LogP contribution in [0.2, 0.25) is 0 Å². The molecule has 3 aromatic carbocycles. The Morgan fingerprint density at radius 1 is 1.03 bits per heavy atom. The predicted octanol–water partition coefficient (Wildman–Crippen LogP) is 5.04. The molecule has 1 N–H and O–H groups in total. The second kappa shape index (κ2) is 8.71. The van der Waals surface area contributed by atoms with Crippen LogP contribution in [-0.4, -0.2) is 29.5 Å². The van der Waals surface area contributed by atoms with Gasteiger partial charge in [0.05, 0.1) is 24.3 Å². The van der Waals surface area contributed by atoms with E-state index in [1.807, 2.05) is 50.2 Å². The number of fused-ring (bicyclic) bond motifs is 1. The second-order valence-electron chi connectivity index (χ2n) is 8.66. The molecule has 6 heteroatoms. The highest BCUT2D eigenvalue weighted by molar-refractivity contribution is 6.51. The molecule has 0 aromatic heterocycles. The number of carbonyl (C=O) groups is 2. The molecule has 1 unspecified atom stereocenters. The Balaban J connectivity index is 1.62. The van der Waals surface area contributed by atoms with Gasteiger partial charge >= 0.3 is 0 Å². The second-order valence-corrected chi connectivity index (χ2v) is 8.66. The highest BCUT2D eigenvalue weighted by Gasteiger charge is 2.47. The molecule has 34 heavy (non-hydrogen) atoms. The van der Waals surface area contributed by atoms with Crippen LogP contribution in [0.25, 0.3) is 5.76 Å². The number of amides is 1. The van der Waals surface area contributed by atoms with Gasteiger partial charge in [-0.2, -0.15) is 0 Å². The number of anilines is 1. The lowest BCUT2D eigenvalue weighted by atomic mass is 9.94. The predicted molar refractivity (Wildman–Crippen MR) is 129 cm³/mol. The summed E-state index contributed by atoms with van der Waals surface area (Å²) >= 11 is 0. The van der Waals surface area contributed by atoms with E-state index < -0.39 is 17.7 Å². The first kappa shape index (κ1) is 21.8. The third-order valence-electron chi connectivity index (χ3n) is 6.01. The van der Waals surface area contributed by atoms with Gasteiger partial charge in [-0.05, 0) is 67.4 Å².